The second-order valence-electron chi connectivity index (χ2n) is 5.82. The molecular formula is C19H22N2O2. The van der Waals surface area contributed by atoms with Gasteiger partial charge in [-0.15, -0.1) is 0 Å². The van der Waals surface area contributed by atoms with E-state index in [9.17, 15) is 4.79 Å². The highest BCUT2D eigenvalue weighted by atomic mass is 16.5. The van der Waals surface area contributed by atoms with Gasteiger partial charge in [-0.05, 0) is 36.1 Å². The Hall–Kier alpha value is -2.33. The number of hydrogen-bond donors (Lipinski definition) is 1. The Balaban J connectivity index is 1.63. The van der Waals surface area contributed by atoms with Gasteiger partial charge in [-0.25, -0.2) is 0 Å². The van der Waals surface area contributed by atoms with E-state index in [4.69, 9.17) is 10.5 Å². The summed E-state index contributed by atoms with van der Waals surface area (Å²) in [5.74, 6) is 0.842. The van der Waals surface area contributed by atoms with Crippen LogP contribution in [0.2, 0.25) is 0 Å². The smallest absolute Gasteiger partial charge is 0.236 e. The van der Waals surface area contributed by atoms with Crippen molar-refractivity contribution in [3.05, 3.63) is 54.6 Å². The van der Waals surface area contributed by atoms with Gasteiger partial charge in [0, 0.05) is 6.54 Å². The Morgan fingerprint density at radius 2 is 1.78 bits per heavy atom. The summed E-state index contributed by atoms with van der Waals surface area (Å²) in [7, 11) is 0. The van der Waals surface area contributed by atoms with Gasteiger partial charge in [0.05, 0.1) is 13.1 Å². The van der Waals surface area contributed by atoms with E-state index < -0.39 is 0 Å². The normalized spacial score (nSPS) is 17.8. The molecule has 1 aliphatic rings. The largest absolute Gasteiger partial charge is 0.489 e. The highest BCUT2D eigenvalue weighted by molar-refractivity contribution is 5.78. The van der Waals surface area contributed by atoms with Crippen LogP contribution >= 0.6 is 0 Å². The molecule has 0 aliphatic carbocycles. The van der Waals surface area contributed by atoms with Crippen LogP contribution in [0.1, 0.15) is 12.8 Å². The lowest BCUT2D eigenvalue weighted by molar-refractivity contribution is -0.132. The molecule has 1 unspecified atom stereocenters. The van der Waals surface area contributed by atoms with Gasteiger partial charge in [0.15, 0.2) is 0 Å². The van der Waals surface area contributed by atoms with Crippen molar-refractivity contribution in [2.24, 2.45) is 5.73 Å². The fourth-order valence-corrected chi connectivity index (χ4v) is 2.94. The molecule has 120 valence electrons. The van der Waals surface area contributed by atoms with Crippen LogP contribution in [0.5, 0.6) is 5.75 Å². The molecule has 2 N–H and O–H groups in total. The van der Waals surface area contributed by atoms with Crippen molar-refractivity contribution in [1.29, 1.82) is 0 Å². The van der Waals surface area contributed by atoms with Crippen molar-refractivity contribution < 1.29 is 9.53 Å². The van der Waals surface area contributed by atoms with Crippen LogP contribution in [0.3, 0.4) is 0 Å². The maximum atomic E-state index is 11.7. The topological polar surface area (TPSA) is 55.6 Å². The van der Waals surface area contributed by atoms with E-state index in [1.54, 1.807) is 4.90 Å². The average molecular weight is 310 g/mol. The van der Waals surface area contributed by atoms with Gasteiger partial charge in [0.25, 0.3) is 0 Å². The van der Waals surface area contributed by atoms with E-state index in [0.29, 0.717) is 6.54 Å². The molecule has 1 fully saturated rings. The van der Waals surface area contributed by atoms with Crippen molar-refractivity contribution in [1.82, 2.24) is 4.90 Å². The van der Waals surface area contributed by atoms with E-state index in [-0.39, 0.29) is 18.6 Å². The lowest BCUT2D eigenvalue weighted by atomic mass is 10.1. The summed E-state index contributed by atoms with van der Waals surface area (Å²) in [4.78, 5) is 13.5. The van der Waals surface area contributed by atoms with E-state index in [1.165, 1.54) is 11.1 Å². The Morgan fingerprint density at radius 3 is 2.48 bits per heavy atom. The molecule has 1 atom stereocenters. The van der Waals surface area contributed by atoms with Gasteiger partial charge >= 0.3 is 0 Å². The minimum atomic E-state index is -0.00211. The SMILES string of the molecule is NCC(=O)N1CCCC(Oc2ccc(-c3ccccc3)cc2)C1. The molecule has 0 spiro atoms. The predicted molar refractivity (Wildman–Crippen MR) is 91.2 cm³/mol. The number of carbonyl (C=O) groups is 1. The molecule has 0 radical (unpaired) electrons. The van der Waals surface area contributed by atoms with Gasteiger partial charge in [-0.1, -0.05) is 42.5 Å². The Labute approximate surface area is 136 Å². The first-order chi connectivity index (χ1) is 11.3. The Bertz CT molecular complexity index is 640. The summed E-state index contributed by atoms with van der Waals surface area (Å²) in [6.07, 6.45) is 1.97. The number of rotatable bonds is 4. The van der Waals surface area contributed by atoms with Gasteiger partial charge in [0.1, 0.15) is 11.9 Å². The maximum Gasteiger partial charge on any atom is 0.236 e. The fraction of sp³-hybridized carbons (Fsp3) is 0.316. The summed E-state index contributed by atoms with van der Waals surface area (Å²) in [5.41, 5.74) is 7.80. The molecule has 1 amide bonds. The summed E-state index contributed by atoms with van der Waals surface area (Å²) in [6.45, 7) is 1.47. The quantitative estimate of drug-likeness (QED) is 0.944. The van der Waals surface area contributed by atoms with Crippen LogP contribution in [-0.2, 0) is 4.79 Å². The van der Waals surface area contributed by atoms with Crippen LogP contribution in [0, 0.1) is 0 Å². The van der Waals surface area contributed by atoms with Gasteiger partial charge < -0.3 is 15.4 Å². The zero-order valence-electron chi connectivity index (χ0n) is 13.2. The number of piperidine rings is 1. The lowest BCUT2D eigenvalue weighted by Gasteiger charge is -2.32. The average Bonchev–Trinajstić information content (AvgIpc) is 2.62. The fourth-order valence-electron chi connectivity index (χ4n) is 2.94. The molecule has 4 heteroatoms. The molecule has 3 rings (SSSR count). The summed E-state index contributed by atoms with van der Waals surface area (Å²) in [5, 5.41) is 0. The molecule has 0 bridgehead atoms. The van der Waals surface area contributed by atoms with Crippen molar-refractivity contribution in [2.45, 2.75) is 18.9 Å². The molecule has 0 saturated carbocycles. The number of nitrogens with two attached hydrogens (primary N) is 1. The molecule has 2 aromatic rings. The van der Waals surface area contributed by atoms with E-state index in [2.05, 4.69) is 24.3 Å². The van der Waals surface area contributed by atoms with Crippen molar-refractivity contribution >= 4 is 5.91 Å². The van der Waals surface area contributed by atoms with Crippen molar-refractivity contribution in [2.75, 3.05) is 19.6 Å². The predicted octanol–water partition coefficient (Wildman–Crippen LogP) is 2.68. The molecule has 1 heterocycles. The van der Waals surface area contributed by atoms with Crippen molar-refractivity contribution in [3.63, 3.8) is 0 Å². The first-order valence-electron chi connectivity index (χ1n) is 8.06. The molecule has 0 aromatic heterocycles. The zero-order chi connectivity index (χ0) is 16.1. The number of benzene rings is 2. The summed E-state index contributed by atoms with van der Waals surface area (Å²) >= 11 is 0. The molecule has 4 nitrogen and oxygen atoms in total. The number of carbonyl (C=O) groups excluding carboxylic acids is 1. The minimum Gasteiger partial charge on any atom is -0.489 e. The van der Waals surface area contributed by atoms with Crippen LogP contribution < -0.4 is 10.5 Å². The first-order valence-corrected chi connectivity index (χ1v) is 8.06. The zero-order valence-corrected chi connectivity index (χ0v) is 13.2. The second kappa shape index (κ2) is 7.29. The third kappa shape index (κ3) is 3.90. The van der Waals surface area contributed by atoms with Crippen LogP contribution in [0.4, 0.5) is 0 Å². The van der Waals surface area contributed by atoms with Crippen LogP contribution in [-0.4, -0.2) is 36.5 Å². The summed E-state index contributed by atoms with van der Waals surface area (Å²) < 4.78 is 6.04. The molecule has 1 saturated heterocycles. The molecule has 2 aromatic carbocycles. The molecule has 23 heavy (non-hydrogen) atoms. The lowest BCUT2D eigenvalue weighted by Crippen LogP contribution is -2.46. The monoisotopic (exact) mass is 310 g/mol. The highest BCUT2D eigenvalue weighted by Gasteiger charge is 2.24. The van der Waals surface area contributed by atoms with Crippen molar-refractivity contribution in [3.8, 4) is 16.9 Å². The number of hydrogen-bond acceptors (Lipinski definition) is 3. The standard InChI is InChI=1S/C19H22N2O2/c20-13-19(22)21-12-4-7-18(14-21)23-17-10-8-16(9-11-17)15-5-2-1-3-6-15/h1-3,5-6,8-11,18H,4,7,12-14,20H2. The van der Waals surface area contributed by atoms with E-state index >= 15 is 0 Å². The van der Waals surface area contributed by atoms with Gasteiger partial charge in [0.2, 0.25) is 5.91 Å². The summed E-state index contributed by atoms with van der Waals surface area (Å²) in [6, 6.07) is 18.4. The third-order valence-electron chi connectivity index (χ3n) is 4.17. The number of amides is 1. The van der Waals surface area contributed by atoms with E-state index in [1.807, 2.05) is 30.3 Å². The second-order valence-corrected chi connectivity index (χ2v) is 5.82. The van der Waals surface area contributed by atoms with E-state index in [0.717, 1.165) is 25.1 Å². The maximum absolute atomic E-state index is 11.7. The minimum absolute atomic E-state index is 0.00211. The molecule has 1 aliphatic heterocycles. The van der Waals surface area contributed by atoms with Gasteiger partial charge in [-0.2, -0.15) is 0 Å². The molecular weight excluding hydrogens is 288 g/mol. The first kappa shape index (κ1) is 15.6. The highest BCUT2D eigenvalue weighted by Crippen LogP contribution is 2.24. The Morgan fingerprint density at radius 1 is 1.09 bits per heavy atom. The van der Waals surface area contributed by atoms with Crippen LogP contribution in [0.15, 0.2) is 54.6 Å². The Kier molecular flexibility index (Phi) is 4.93. The number of nitrogens with zero attached hydrogens (tertiary/aromatic N) is 1. The number of ether oxygens (including phenoxy) is 1. The number of likely N-dealkylation sites (tertiary alicyclic amines) is 1. The third-order valence-corrected chi connectivity index (χ3v) is 4.17. The van der Waals surface area contributed by atoms with Gasteiger partial charge in [-0.3, -0.25) is 4.79 Å². The van der Waals surface area contributed by atoms with Crippen LogP contribution in [0.25, 0.3) is 11.1 Å².